The van der Waals surface area contributed by atoms with Gasteiger partial charge in [-0.1, -0.05) is 0 Å². The van der Waals surface area contributed by atoms with Crippen LogP contribution in [0.1, 0.15) is 11.1 Å². The maximum atomic E-state index is 12.7. The monoisotopic (exact) mass is 496 g/mol. The van der Waals surface area contributed by atoms with Crippen LogP contribution < -0.4 is 14.9 Å². The number of benzene rings is 1. The van der Waals surface area contributed by atoms with Gasteiger partial charge >= 0.3 is 12.1 Å². The largest absolute Gasteiger partial charge is 0.487 e. The zero-order chi connectivity index (χ0) is 25.3. The molecular weight excluding hydrogens is 469 g/mol. The Bertz CT molecular complexity index is 1160. The summed E-state index contributed by atoms with van der Waals surface area (Å²) in [5, 5.41) is 0. The highest BCUT2D eigenvalue weighted by Gasteiger charge is 2.47. The highest BCUT2D eigenvalue weighted by molar-refractivity contribution is 5.82. The fourth-order valence-corrected chi connectivity index (χ4v) is 4.33. The van der Waals surface area contributed by atoms with Crippen LogP contribution >= 0.6 is 0 Å². The molecule has 0 aliphatic carbocycles. The summed E-state index contributed by atoms with van der Waals surface area (Å²) in [5.41, 5.74) is 3.02. The normalized spacial score (nSPS) is 16.2. The molecule has 2 aliphatic rings. The number of hydrogen-bond donors (Lipinski definition) is 0. The van der Waals surface area contributed by atoms with Gasteiger partial charge in [0.1, 0.15) is 24.6 Å². The third-order valence-corrected chi connectivity index (χ3v) is 6.24. The number of likely N-dealkylation sites (tertiary alicyclic amines) is 1. The molecule has 1 amide bonds. The van der Waals surface area contributed by atoms with E-state index < -0.39 is 18.2 Å². The second-order valence-corrected chi connectivity index (χ2v) is 8.61. The fourth-order valence-electron chi connectivity index (χ4n) is 4.33. The minimum Gasteiger partial charge on any atom is -0.487 e. The van der Waals surface area contributed by atoms with Gasteiger partial charge in [-0.25, -0.2) is 0 Å². The number of rotatable bonds is 8. The molecule has 11 heteroatoms. The Hall–Kier alpha value is -3.05. The van der Waals surface area contributed by atoms with Gasteiger partial charge in [0, 0.05) is 38.0 Å². The summed E-state index contributed by atoms with van der Waals surface area (Å²) in [5.74, 6) is -0.891. The maximum absolute atomic E-state index is 12.7. The molecule has 3 heterocycles. The number of carbonyl (C=O) groups excluding carboxylic acids is 1. The van der Waals surface area contributed by atoms with E-state index in [1.54, 1.807) is 27.2 Å². The lowest BCUT2D eigenvalue weighted by molar-refractivity contribution is -0.193. The molecule has 2 aliphatic heterocycles. The summed E-state index contributed by atoms with van der Waals surface area (Å²) >= 11 is 0. The number of alkyl halides is 3. The van der Waals surface area contributed by atoms with Gasteiger partial charge in [0.25, 0.3) is 0 Å². The van der Waals surface area contributed by atoms with Crippen LogP contribution in [0.4, 0.5) is 13.2 Å². The van der Waals surface area contributed by atoms with Crippen LogP contribution in [0.2, 0.25) is 0 Å². The second-order valence-electron chi connectivity index (χ2n) is 8.61. The minimum absolute atomic E-state index is 0.112. The van der Waals surface area contributed by atoms with E-state index in [2.05, 4.69) is 0 Å². The Morgan fingerprint density at radius 3 is 2.57 bits per heavy atom. The lowest BCUT2D eigenvalue weighted by Crippen LogP contribution is -2.59. The number of nitrogens with zero attached hydrogens (tertiary/aromatic N) is 2. The molecule has 190 valence electrons. The van der Waals surface area contributed by atoms with Gasteiger partial charge in [-0.2, -0.15) is 13.2 Å². The Kier molecular flexibility index (Phi) is 7.09. The number of carbonyl (C=O) groups is 1. The van der Waals surface area contributed by atoms with Crippen molar-refractivity contribution in [2.45, 2.75) is 38.3 Å². The zero-order valence-corrected chi connectivity index (χ0v) is 19.7. The van der Waals surface area contributed by atoms with Crippen molar-refractivity contribution in [3.63, 3.8) is 0 Å². The van der Waals surface area contributed by atoms with Crippen molar-refractivity contribution in [3.05, 3.63) is 45.6 Å². The van der Waals surface area contributed by atoms with Gasteiger partial charge in [0.2, 0.25) is 0 Å². The highest BCUT2D eigenvalue weighted by Crippen LogP contribution is 2.36. The molecule has 1 fully saturated rings. The van der Waals surface area contributed by atoms with E-state index in [1.165, 1.54) is 6.07 Å². The van der Waals surface area contributed by atoms with Gasteiger partial charge in [0.05, 0.1) is 25.4 Å². The smallest absolute Gasteiger partial charge is 0.471 e. The number of amides is 1. The molecule has 1 aromatic carbocycles. The Morgan fingerprint density at radius 1 is 1.17 bits per heavy atom. The van der Waals surface area contributed by atoms with E-state index in [1.807, 2.05) is 16.7 Å². The number of halogens is 3. The summed E-state index contributed by atoms with van der Waals surface area (Å²) in [7, 11) is 3.14. The van der Waals surface area contributed by atoms with Crippen molar-refractivity contribution in [1.82, 2.24) is 9.47 Å². The van der Waals surface area contributed by atoms with E-state index in [0.717, 1.165) is 21.7 Å². The fraction of sp³-hybridized carbons (Fsp3) is 0.500. The van der Waals surface area contributed by atoms with Crippen LogP contribution in [-0.4, -0.2) is 74.3 Å². The minimum atomic E-state index is -4.88. The summed E-state index contributed by atoms with van der Waals surface area (Å²) in [6.45, 7) is 2.69. The molecule has 1 aromatic heterocycles. The second kappa shape index (κ2) is 9.90. The Labute approximate surface area is 200 Å². The van der Waals surface area contributed by atoms with E-state index in [9.17, 15) is 22.8 Å². The maximum Gasteiger partial charge on any atom is 0.471 e. The molecule has 0 saturated carbocycles. The number of fused-ring (bicyclic) bond motifs is 3. The first kappa shape index (κ1) is 25.1. The van der Waals surface area contributed by atoms with E-state index in [0.29, 0.717) is 36.8 Å². The SMILES string of the molecule is COC[C@@H](COc1cc(=O)c(C)c2n1CCc1cc(OC3CN(C(=O)C(F)(F)F)C3)ccc1-2)OC. The van der Waals surface area contributed by atoms with Crippen molar-refractivity contribution < 1.29 is 36.9 Å². The van der Waals surface area contributed by atoms with Gasteiger partial charge in [0.15, 0.2) is 11.3 Å². The zero-order valence-electron chi connectivity index (χ0n) is 19.7. The van der Waals surface area contributed by atoms with Gasteiger partial charge in [-0.3, -0.25) is 9.59 Å². The molecule has 8 nitrogen and oxygen atoms in total. The van der Waals surface area contributed by atoms with Crippen LogP contribution in [0.25, 0.3) is 11.3 Å². The van der Waals surface area contributed by atoms with Crippen molar-refractivity contribution in [2.24, 2.45) is 0 Å². The highest BCUT2D eigenvalue weighted by atomic mass is 19.4. The van der Waals surface area contributed by atoms with Crippen LogP contribution in [0.15, 0.2) is 29.1 Å². The molecular formula is C24H27F3N2O6. The van der Waals surface area contributed by atoms with E-state index >= 15 is 0 Å². The summed E-state index contributed by atoms with van der Waals surface area (Å²) < 4.78 is 61.8. The standard InChI is InChI=1S/C24H27F3N2O6/c1-14-20(30)9-21(34-13-18(33-3)12-32-2)29-7-6-15-8-16(4-5-19(15)22(14)29)35-17-10-28(11-17)23(31)24(25,26)27/h4-5,8-9,17-18H,6-7,10-13H2,1-3H3/t18-/m0/s1. The molecule has 1 atom stereocenters. The number of hydrogen-bond acceptors (Lipinski definition) is 6. The molecule has 0 bridgehead atoms. The van der Waals surface area contributed by atoms with E-state index in [-0.39, 0.29) is 31.2 Å². The Balaban J connectivity index is 1.51. The first-order valence-electron chi connectivity index (χ1n) is 11.2. The summed E-state index contributed by atoms with van der Waals surface area (Å²) in [6.07, 6.45) is -5.01. The average Bonchev–Trinajstić information content (AvgIpc) is 2.79. The third-order valence-electron chi connectivity index (χ3n) is 6.24. The van der Waals surface area contributed by atoms with Crippen molar-refractivity contribution in [3.8, 4) is 22.9 Å². The lowest BCUT2D eigenvalue weighted by Gasteiger charge is -2.39. The van der Waals surface area contributed by atoms with Crippen molar-refractivity contribution in [2.75, 3.05) is 40.5 Å². The van der Waals surface area contributed by atoms with Crippen LogP contribution in [0.5, 0.6) is 11.6 Å². The topological polar surface area (TPSA) is 79.2 Å². The molecule has 0 N–H and O–H groups in total. The number of aromatic nitrogens is 1. The van der Waals surface area contributed by atoms with Crippen molar-refractivity contribution >= 4 is 5.91 Å². The molecule has 1 saturated heterocycles. The Morgan fingerprint density at radius 2 is 1.91 bits per heavy atom. The van der Waals surface area contributed by atoms with Gasteiger partial charge in [-0.05, 0) is 37.1 Å². The third kappa shape index (κ3) is 5.15. The molecule has 35 heavy (non-hydrogen) atoms. The first-order chi connectivity index (χ1) is 16.6. The van der Waals surface area contributed by atoms with E-state index in [4.69, 9.17) is 18.9 Å². The average molecular weight is 496 g/mol. The number of methoxy groups -OCH3 is 2. The summed E-state index contributed by atoms with van der Waals surface area (Å²) in [4.78, 5) is 24.7. The first-order valence-corrected chi connectivity index (χ1v) is 11.2. The van der Waals surface area contributed by atoms with Crippen LogP contribution in [-0.2, 0) is 27.2 Å². The molecule has 4 rings (SSSR count). The molecule has 0 spiro atoms. The van der Waals surface area contributed by atoms with Gasteiger partial charge in [-0.15, -0.1) is 0 Å². The number of pyridine rings is 1. The van der Waals surface area contributed by atoms with Gasteiger partial charge < -0.3 is 28.4 Å². The molecule has 0 unspecified atom stereocenters. The van der Waals surface area contributed by atoms with Crippen LogP contribution in [0.3, 0.4) is 0 Å². The number of ether oxygens (including phenoxy) is 4. The summed E-state index contributed by atoms with van der Waals surface area (Å²) in [6, 6.07) is 6.88. The number of aryl methyl sites for hydroxylation is 1. The lowest BCUT2D eigenvalue weighted by atomic mass is 9.94. The van der Waals surface area contributed by atoms with Crippen molar-refractivity contribution in [1.29, 1.82) is 0 Å². The molecule has 0 radical (unpaired) electrons. The quantitative estimate of drug-likeness (QED) is 0.559. The predicted molar refractivity (Wildman–Crippen MR) is 120 cm³/mol. The predicted octanol–water partition coefficient (Wildman–Crippen LogP) is 2.57. The van der Waals surface area contributed by atoms with Crippen LogP contribution in [0, 0.1) is 6.92 Å². The molecule has 2 aromatic rings.